The lowest BCUT2D eigenvalue weighted by Crippen LogP contribution is -2.44. The highest BCUT2D eigenvalue weighted by Gasteiger charge is 2.37. The second-order valence-corrected chi connectivity index (χ2v) is 4.18. The zero-order valence-corrected chi connectivity index (χ0v) is 11.3. The van der Waals surface area contributed by atoms with E-state index >= 15 is 0 Å². The first-order valence-electron chi connectivity index (χ1n) is 6.25. The van der Waals surface area contributed by atoms with Crippen LogP contribution in [0.5, 0.6) is 0 Å². The fourth-order valence-electron chi connectivity index (χ4n) is 2.02. The van der Waals surface area contributed by atoms with Gasteiger partial charge in [-0.3, -0.25) is 4.79 Å². The van der Waals surface area contributed by atoms with Gasteiger partial charge in [0.1, 0.15) is 5.60 Å². The second kappa shape index (κ2) is 7.80. The molecule has 0 fully saturated rings. The van der Waals surface area contributed by atoms with Gasteiger partial charge in [0.2, 0.25) is 0 Å². The number of Topliss-reactive ketones (excluding diaryl/α,β-unsaturated/α-hetero) is 1. The van der Waals surface area contributed by atoms with Crippen LogP contribution in [0.25, 0.3) is 0 Å². The zero-order chi connectivity index (χ0) is 12.6. The fourth-order valence-corrected chi connectivity index (χ4v) is 2.02. The minimum Gasteiger partial charge on any atom is -0.385 e. The van der Waals surface area contributed by atoms with Crippen LogP contribution in [-0.4, -0.2) is 31.7 Å². The van der Waals surface area contributed by atoms with Gasteiger partial charge in [0.15, 0.2) is 5.78 Å². The topological polar surface area (TPSA) is 35.5 Å². The van der Waals surface area contributed by atoms with Crippen molar-refractivity contribution in [1.82, 2.24) is 0 Å². The Labute approximate surface area is 99.5 Å². The van der Waals surface area contributed by atoms with Gasteiger partial charge < -0.3 is 9.47 Å². The molecule has 0 N–H and O–H groups in total. The molecule has 16 heavy (non-hydrogen) atoms. The molecule has 0 amide bonds. The number of hydrogen-bond acceptors (Lipinski definition) is 3. The molecular formula is C13H26O3. The summed E-state index contributed by atoms with van der Waals surface area (Å²) in [5.74, 6) is 0.225. The molecule has 0 spiro atoms. The number of ether oxygens (including phenoxy) is 2. The van der Waals surface area contributed by atoms with Crippen molar-refractivity contribution in [2.24, 2.45) is 5.92 Å². The molecule has 0 heterocycles. The maximum Gasteiger partial charge on any atom is 0.167 e. The van der Waals surface area contributed by atoms with Gasteiger partial charge in [-0.25, -0.2) is 0 Å². The van der Waals surface area contributed by atoms with Crippen molar-refractivity contribution in [2.45, 2.75) is 52.6 Å². The Morgan fingerprint density at radius 1 is 1.25 bits per heavy atom. The molecule has 0 aromatic heterocycles. The normalized spacial score (nSPS) is 13.8. The van der Waals surface area contributed by atoms with E-state index in [9.17, 15) is 4.79 Å². The summed E-state index contributed by atoms with van der Waals surface area (Å²) in [5.41, 5.74) is -0.581. The highest BCUT2D eigenvalue weighted by Crippen LogP contribution is 2.26. The van der Waals surface area contributed by atoms with Crippen LogP contribution in [0.3, 0.4) is 0 Å². The smallest absolute Gasteiger partial charge is 0.167 e. The summed E-state index contributed by atoms with van der Waals surface area (Å²) in [4.78, 5) is 12.3. The molecule has 0 aromatic rings. The highest BCUT2D eigenvalue weighted by molar-refractivity contribution is 5.89. The quantitative estimate of drug-likeness (QED) is 0.611. The minimum absolute atomic E-state index is 0.00593. The lowest BCUT2D eigenvalue weighted by atomic mass is 9.84. The van der Waals surface area contributed by atoms with Crippen molar-refractivity contribution in [1.29, 1.82) is 0 Å². The summed E-state index contributed by atoms with van der Waals surface area (Å²) in [6.07, 6.45) is 2.26. The van der Waals surface area contributed by atoms with Gasteiger partial charge in [0.05, 0.1) is 0 Å². The van der Waals surface area contributed by atoms with Crippen LogP contribution in [0.1, 0.15) is 47.0 Å². The summed E-state index contributed by atoms with van der Waals surface area (Å²) in [6.45, 7) is 9.14. The number of rotatable bonds is 9. The van der Waals surface area contributed by atoms with E-state index in [2.05, 4.69) is 0 Å². The summed E-state index contributed by atoms with van der Waals surface area (Å²) in [6, 6.07) is 0. The molecule has 0 bridgehead atoms. The molecule has 96 valence electrons. The van der Waals surface area contributed by atoms with Crippen LogP contribution in [0, 0.1) is 5.92 Å². The molecule has 1 unspecified atom stereocenters. The number of carbonyl (C=O) groups excluding carboxylic acids is 1. The van der Waals surface area contributed by atoms with E-state index < -0.39 is 5.60 Å². The van der Waals surface area contributed by atoms with E-state index in [1.54, 1.807) is 7.11 Å². The van der Waals surface area contributed by atoms with Gasteiger partial charge in [-0.15, -0.1) is 0 Å². The molecule has 0 rings (SSSR count). The molecule has 1 atom stereocenters. The maximum absolute atomic E-state index is 12.3. The molecule has 0 aliphatic rings. The van der Waals surface area contributed by atoms with Crippen molar-refractivity contribution >= 4 is 5.78 Å². The molecule has 0 aliphatic heterocycles. The Morgan fingerprint density at radius 3 is 2.19 bits per heavy atom. The molecule has 0 aliphatic carbocycles. The predicted molar refractivity (Wildman–Crippen MR) is 65.6 cm³/mol. The first-order chi connectivity index (χ1) is 7.57. The van der Waals surface area contributed by atoms with Gasteiger partial charge in [-0.1, -0.05) is 20.8 Å². The fraction of sp³-hybridized carbons (Fsp3) is 0.923. The van der Waals surface area contributed by atoms with Crippen molar-refractivity contribution in [3.05, 3.63) is 0 Å². The van der Waals surface area contributed by atoms with Gasteiger partial charge in [0, 0.05) is 26.2 Å². The Hall–Kier alpha value is -0.410. The van der Waals surface area contributed by atoms with Crippen molar-refractivity contribution in [3.8, 4) is 0 Å². The highest BCUT2D eigenvalue weighted by atomic mass is 16.5. The third-order valence-electron chi connectivity index (χ3n) is 3.21. The Morgan fingerprint density at radius 2 is 1.81 bits per heavy atom. The standard InChI is InChI=1S/C13H26O3/c1-6-13(7-2,16-8-3)12(14)11(4)9-10-15-5/h11H,6-10H2,1-5H3. The average molecular weight is 230 g/mol. The van der Waals surface area contributed by atoms with Gasteiger partial charge >= 0.3 is 0 Å². The number of methoxy groups -OCH3 is 1. The molecule has 0 radical (unpaired) electrons. The van der Waals surface area contributed by atoms with Crippen molar-refractivity contribution < 1.29 is 14.3 Å². The van der Waals surface area contributed by atoms with Crippen molar-refractivity contribution in [2.75, 3.05) is 20.3 Å². The summed E-state index contributed by atoms with van der Waals surface area (Å²) in [5, 5.41) is 0. The monoisotopic (exact) mass is 230 g/mol. The first kappa shape index (κ1) is 15.6. The van der Waals surface area contributed by atoms with Gasteiger partial charge in [-0.05, 0) is 26.2 Å². The Bertz CT molecular complexity index is 197. The lowest BCUT2D eigenvalue weighted by molar-refractivity contribution is -0.149. The third-order valence-corrected chi connectivity index (χ3v) is 3.21. The molecule has 3 nitrogen and oxygen atoms in total. The molecular weight excluding hydrogens is 204 g/mol. The lowest BCUT2D eigenvalue weighted by Gasteiger charge is -2.32. The van der Waals surface area contributed by atoms with Crippen LogP contribution < -0.4 is 0 Å². The molecule has 0 aromatic carbocycles. The van der Waals surface area contributed by atoms with E-state index in [4.69, 9.17) is 9.47 Å². The average Bonchev–Trinajstić information content (AvgIpc) is 2.32. The Balaban J connectivity index is 4.58. The number of hydrogen-bond donors (Lipinski definition) is 0. The molecule has 0 saturated carbocycles. The third kappa shape index (κ3) is 3.87. The van der Waals surface area contributed by atoms with Crippen molar-refractivity contribution in [3.63, 3.8) is 0 Å². The van der Waals surface area contributed by atoms with E-state index in [1.807, 2.05) is 27.7 Å². The first-order valence-corrected chi connectivity index (χ1v) is 6.25. The van der Waals surface area contributed by atoms with Gasteiger partial charge in [0.25, 0.3) is 0 Å². The minimum atomic E-state index is -0.581. The summed E-state index contributed by atoms with van der Waals surface area (Å²) >= 11 is 0. The van der Waals surface area contributed by atoms with Crippen LogP contribution in [0.15, 0.2) is 0 Å². The van der Waals surface area contributed by atoms with Crippen LogP contribution in [-0.2, 0) is 14.3 Å². The van der Waals surface area contributed by atoms with E-state index in [1.165, 1.54) is 0 Å². The SMILES string of the molecule is CCOC(CC)(CC)C(=O)C(C)CCOC. The van der Waals surface area contributed by atoms with E-state index in [0.29, 0.717) is 13.2 Å². The van der Waals surface area contributed by atoms with Crippen LogP contribution in [0.4, 0.5) is 0 Å². The largest absolute Gasteiger partial charge is 0.385 e. The summed E-state index contributed by atoms with van der Waals surface area (Å²) in [7, 11) is 1.66. The maximum atomic E-state index is 12.3. The predicted octanol–water partition coefficient (Wildman–Crippen LogP) is 2.82. The zero-order valence-electron chi connectivity index (χ0n) is 11.3. The summed E-state index contributed by atoms with van der Waals surface area (Å²) < 4.78 is 10.7. The van der Waals surface area contributed by atoms with Gasteiger partial charge in [-0.2, -0.15) is 0 Å². The number of carbonyl (C=O) groups is 1. The van der Waals surface area contributed by atoms with E-state index in [0.717, 1.165) is 19.3 Å². The molecule has 0 saturated heterocycles. The Kier molecular flexibility index (Phi) is 7.60. The second-order valence-electron chi connectivity index (χ2n) is 4.18. The number of ketones is 1. The van der Waals surface area contributed by atoms with Crippen LogP contribution in [0.2, 0.25) is 0 Å². The van der Waals surface area contributed by atoms with Crippen LogP contribution >= 0.6 is 0 Å². The van der Waals surface area contributed by atoms with E-state index in [-0.39, 0.29) is 11.7 Å². The molecule has 3 heteroatoms.